The fourth-order valence-corrected chi connectivity index (χ4v) is 5.48. The van der Waals surface area contributed by atoms with Gasteiger partial charge in [0.1, 0.15) is 16.3 Å². The number of thiophene rings is 1. The Balaban J connectivity index is 1.34. The van der Waals surface area contributed by atoms with Crippen LogP contribution in [0.5, 0.6) is 0 Å². The molecule has 4 aromatic rings. The summed E-state index contributed by atoms with van der Waals surface area (Å²) < 4.78 is 6.94. The second-order valence-corrected chi connectivity index (χ2v) is 9.19. The van der Waals surface area contributed by atoms with E-state index in [2.05, 4.69) is 10.4 Å². The highest BCUT2D eigenvalue weighted by Gasteiger charge is 2.27. The number of esters is 1. The number of aromatic nitrogens is 2. The predicted octanol–water partition coefficient (Wildman–Crippen LogP) is 3.98. The number of para-hydroxylation sites is 1. The zero-order valence-electron chi connectivity index (χ0n) is 18.7. The van der Waals surface area contributed by atoms with E-state index in [4.69, 9.17) is 10.5 Å². The minimum Gasteiger partial charge on any atom is -0.452 e. The maximum absolute atomic E-state index is 13.0. The summed E-state index contributed by atoms with van der Waals surface area (Å²) in [5, 5.41) is 7.69. The van der Waals surface area contributed by atoms with Gasteiger partial charge in [0.2, 0.25) is 0 Å². The zero-order valence-corrected chi connectivity index (χ0v) is 19.5. The van der Waals surface area contributed by atoms with E-state index in [1.54, 1.807) is 10.9 Å². The molecule has 176 valence electrons. The number of benzene rings is 2. The summed E-state index contributed by atoms with van der Waals surface area (Å²) in [5.41, 5.74) is 9.04. The van der Waals surface area contributed by atoms with E-state index in [9.17, 15) is 14.4 Å². The first kappa shape index (κ1) is 22.5. The molecule has 0 spiro atoms. The van der Waals surface area contributed by atoms with E-state index in [0.29, 0.717) is 16.3 Å². The largest absolute Gasteiger partial charge is 0.452 e. The molecule has 1 aliphatic rings. The average Bonchev–Trinajstić information content (AvgIpc) is 3.58. The summed E-state index contributed by atoms with van der Waals surface area (Å²) in [6.45, 7) is -0.510. The number of nitrogens with zero attached hydrogens (tertiary/aromatic N) is 2. The quantitative estimate of drug-likeness (QED) is 0.383. The third-order valence-corrected chi connectivity index (χ3v) is 6.96. The molecular formula is C26H22N4O4S. The fraction of sp³-hybridized carbons (Fsp3) is 0.154. The molecule has 8 nitrogen and oxygen atoms in total. The lowest BCUT2D eigenvalue weighted by Gasteiger charge is -2.07. The van der Waals surface area contributed by atoms with Crippen LogP contribution in [0, 0.1) is 0 Å². The minimum absolute atomic E-state index is 0.237. The summed E-state index contributed by atoms with van der Waals surface area (Å²) >= 11 is 1.35. The number of fused-ring (bicyclic) bond motifs is 1. The van der Waals surface area contributed by atoms with Crippen molar-refractivity contribution in [3.8, 4) is 16.9 Å². The van der Waals surface area contributed by atoms with Crippen molar-refractivity contribution in [3.05, 3.63) is 88.4 Å². The molecule has 2 aromatic carbocycles. The van der Waals surface area contributed by atoms with Crippen LogP contribution >= 0.6 is 11.3 Å². The number of aryl methyl sites for hydroxylation is 1. The van der Waals surface area contributed by atoms with Crippen LogP contribution in [0.3, 0.4) is 0 Å². The molecule has 0 bridgehead atoms. The first-order chi connectivity index (χ1) is 17.0. The molecule has 5 rings (SSSR count). The van der Waals surface area contributed by atoms with E-state index >= 15 is 0 Å². The van der Waals surface area contributed by atoms with Crippen molar-refractivity contribution in [2.75, 3.05) is 11.9 Å². The second kappa shape index (κ2) is 9.55. The lowest BCUT2D eigenvalue weighted by Crippen LogP contribution is -2.22. The van der Waals surface area contributed by atoms with Gasteiger partial charge in [0.15, 0.2) is 6.61 Å². The first-order valence-corrected chi connectivity index (χ1v) is 11.9. The van der Waals surface area contributed by atoms with Crippen LogP contribution in [-0.2, 0) is 22.4 Å². The van der Waals surface area contributed by atoms with E-state index in [0.717, 1.165) is 41.0 Å². The standard InChI is InChI=1S/C26H22N4O4S/c27-24(32)22-18-12-7-13-20(18)35-25(22)28-21(31)15-34-26(33)19-14-30(17-10-5-2-6-11-17)29-23(19)16-8-3-1-4-9-16/h1-6,8-11,14H,7,12-13,15H2,(H2,27,32)(H,28,31). The van der Waals surface area contributed by atoms with Crippen molar-refractivity contribution in [3.63, 3.8) is 0 Å². The number of carbonyl (C=O) groups is 3. The molecule has 35 heavy (non-hydrogen) atoms. The Labute approximate surface area is 205 Å². The Hall–Kier alpha value is -4.24. The minimum atomic E-state index is -0.676. The van der Waals surface area contributed by atoms with Gasteiger partial charge in [0.05, 0.1) is 11.3 Å². The number of nitrogens with one attached hydrogen (secondary N) is 1. The van der Waals surface area contributed by atoms with Crippen molar-refractivity contribution in [2.24, 2.45) is 5.73 Å². The summed E-state index contributed by atoms with van der Waals surface area (Å²) in [6.07, 6.45) is 4.18. The molecule has 2 aromatic heterocycles. The van der Waals surface area contributed by atoms with Gasteiger partial charge in [0.25, 0.3) is 11.8 Å². The highest BCUT2D eigenvalue weighted by atomic mass is 32.1. The molecule has 0 atom stereocenters. The average molecular weight is 487 g/mol. The molecule has 1 aliphatic carbocycles. The predicted molar refractivity (Wildman–Crippen MR) is 133 cm³/mol. The van der Waals surface area contributed by atoms with Gasteiger partial charge in [-0.1, -0.05) is 48.5 Å². The molecule has 3 N–H and O–H groups in total. The maximum Gasteiger partial charge on any atom is 0.342 e. The van der Waals surface area contributed by atoms with Gasteiger partial charge >= 0.3 is 5.97 Å². The van der Waals surface area contributed by atoms with E-state index in [1.807, 2.05) is 60.7 Å². The number of primary amides is 1. The molecule has 0 saturated heterocycles. The summed E-state index contributed by atoms with van der Waals surface area (Å²) in [4.78, 5) is 38.6. The highest BCUT2D eigenvalue weighted by molar-refractivity contribution is 7.17. The normalized spacial score (nSPS) is 12.2. The third kappa shape index (κ3) is 4.58. The monoisotopic (exact) mass is 486 g/mol. The number of nitrogens with two attached hydrogens (primary N) is 1. The van der Waals surface area contributed by atoms with Gasteiger partial charge in [-0.05, 0) is 37.0 Å². The summed E-state index contributed by atoms with van der Waals surface area (Å²) in [7, 11) is 0. The first-order valence-electron chi connectivity index (χ1n) is 11.1. The van der Waals surface area contributed by atoms with E-state index < -0.39 is 24.4 Å². The van der Waals surface area contributed by atoms with Gasteiger partial charge in [-0.2, -0.15) is 5.10 Å². The van der Waals surface area contributed by atoms with Gasteiger partial charge in [-0.3, -0.25) is 9.59 Å². The van der Waals surface area contributed by atoms with Crippen molar-refractivity contribution < 1.29 is 19.1 Å². The van der Waals surface area contributed by atoms with Crippen LogP contribution in [0.1, 0.15) is 37.6 Å². The van der Waals surface area contributed by atoms with Crippen LogP contribution in [-0.4, -0.2) is 34.2 Å². The zero-order chi connectivity index (χ0) is 24.4. The Morgan fingerprint density at radius 1 is 1.03 bits per heavy atom. The van der Waals surface area contributed by atoms with E-state index in [1.165, 1.54) is 11.3 Å². The topological polar surface area (TPSA) is 116 Å². The van der Waals surface area contributed by atoms with Gasteiger partial charge in [0, 0.05) is 16.6 Å². The molecule has 0 radical (unpaired) electrons. The lowest BCUT2D eigenvalue weighted by molar-refractivity contribution is -0.119. The second-order valence-electron chi connectivity index (χ2n) is 8.09. The lowest BCUT2D eigenvalue weighted by atomic mass is 10.1. The Bertz CT molecular complexity index is 1410. The van der Waals surface area contributed by atoms with Gasteiger partial charge in [-0.15, -0.1) is 11.3 Å². The van der Waals surface area contributed by atoms with Crippen molar-refractivity contribution in [2.45, 2.75) is 19.3 Å². The van der Waals surface area contributed by atoms with Gasteiger partial charge < -0.3 is 15.8 Å². The number of amides is 2. The molecule has 2 amide bonds. The van der Waals surface area contributed by atoms with Crippen LogP contribution in [0.15, 0.2) is 66.9 Å². The van der Waals surface area contributed by atoms with Crippen LogP contribution in [0.2, 0.25) is 0 Å². The van der Waals surface area contributed by atoms with Crippen LogP contribution < -0.4 is 11.1 Å². The number of hydrogen-bond donors (Lipinski definition) is 2. The number of rotatable bonds is 7. The van der Waals surface area contributed by atoms with E-state index in [-0.39, 0.29) is 5.56 Å². The smallest absolute Gasteiger partial charge is 0.342 e. The highest BCUT2D eigenvalue weighted by Crippen LogP contribution is 2.38. The Morgan fingerprint density at radius 3 is 2.46 bits per heavy atom. The molecule has 0 fully saturated rings. The molecule has 0 saturated carbocycles. The number of hydrogen-bond acceptors (Lipinski definition) is 6. The molecule has 2 heterocycles. The Kier molecular flexibility index (Phi) is 6.15. The van der Waals surface area contributed by atoms with Crippen LogP contribution in [0.4, 0.5) is 5.00 Å². The van der Waals surface area contributed by atoms with Crippen molar-refractivity contribution in [1.29, 1.82) is 0 Å². The van der Waals surface area contributed by atoms with Crippen molar-refractivity contribution in [1.82, 2.24) is 9.78 Å². The number of carbonyl (C=O) groups excluding carboxylic acids is 3. The number of anilines is 1. The molecule has 0 unspecified atom stereocenters. The Morgan fingerprint density at radius 2 is 1.74 bits per heavy atom. The molecule has 0 aliphatic heterocycles. The van der Waals surface area contributed by atoms with Crippen LogP contribution in [0.25, 0.3) is 16.9 Å². The number of ether oxygens (including phenoxy) is 1. The van der Waals surface area contributed by atoms with Gasteiger partial charge in [-0.25, -0.2) is 9.48 Å². The maximum atomic E-state index is 13.0. The fourth-order valence-electron chi connectivity index (χ4n) is 4.17. The molecule has 9 heteroatoms. The molecular weight excluding hydrogens is 464 g/mol. The third-order valence-electron chi connectivity index (χ3n) is 5.76. The summed E-state index contributed by atoms with van der Waals surface area (Å²) in [6, 6.07) is 18.7. The summed E-state index contributed by atoms with van der Waals surface area (Å²) in [5.74, 6) is -1.79. The van der Waals surface area contributed by atoms with Crippen molar-refractivity contribution >= 4 is 34.1 Å². The SMILES string of the molecule is NC(=O)c1c(NC(=O)COC(=O)c2cn(-c3ccccc3)nc2-c2ccccc2)sc2c1CCC2.